The number of benzene rings is 1. The molecule has 0 spiro atoms. The lowest BCUT2D eigenvalue weighted by Crippen LogP contribution is -2.42. The van der Waals surface area contributed by atoms with Crippen molar-refractivity contribution >= 4 is 27.5 Å². The number of anilines is 1. The Bertz CT molecular complexity index is 715. The zero-order valence-electron chi connectivity index (χ0n) is 15.9. The summed E-state index contributed by atoms with van der Waals surface area (Å²) in [5.74, 6) is -0.402. The minimum Gasteiger partial charge on any atom is -0.353 e. The maximum Gasteiger partial charge on any atom is 0.242 e. The molecule has 26 heavy (non-hydrogen) atoms. The topological polar surface area (TPSA) is 98.8 Å². The van der Waals surface area contributed by atoms with Gasteiger partial charge in [0.25, 0.3) is 0 Å². The van der Waals surface area contributed by atoms with Gasteiger partial charge in [-0.15, -0.1) is 0 Å². The maximum atomic E-state index is 12.2. The number of nitrogens with one attached hydrogen (secondary N) is 2. The second kappa shape index (κ2) is 9.65. The van der Waals surface area contributed by atoms with E-state index in [-0.39, 0.29) is 35.8 Å². The zero-order valence-corrected chi connectivity index (χ0v) is 16.8. The molecule has 146 valence electrons. The van der Waals surface area contributed by atoms with Crippen LogP contribution in [0.2, 0.25) is 0 Å². The van der Waals surface area contributed by atoms with Crippen LogP contribution in [0.1, 0.15) is 20.8 Å². The maximum absolute atomic E-state index is 12.2. The molecule has 0 saturated carbocycles. The molecular weight excluding hydrogens is 356 g/mol. The number of nitrogens with zero attached hydrogens (tertiary/aromatic N) is 2. The van der Waals surface area contributed by atoms with Crippen LogP contribution in [0.4, 0.5) is 5.69 Å². The first-order chi connectivity index (χ1) is 12.1. The van der Waals surface area contributed by atoms with Crippen LogP contribution in [0.25, 0.3) is 0 Å². The first kappa shape index (κ1) is 22.1. The minimum absolute atomic E-state index is 0.0481. The van der Waals surface area contributed by atoms with Crippen molar-refractivity contribution in [3.05, 3.63) is 24.3 Å². The summed E-state index contributed by atoms with van der Waals surface area (Å²) >= 11 is 0. The molecule has 0 unspecified atom stereocenters. The van der Waals surface area contributed by atoms with Gasteiger partial charge in [-0.2, -0.15) is 0 Å². The van der Waals surface area contributed by atoms with Gasteiger partial charge in [0.15, 0.2) is 0 Å². The predicted molar refractivity (Wildman–Crippen MR) is 101 cm³/mol. The Balaban J connectivity index is 2.65. The smallest absolute Gasteiger partial charge is 0.242 e. The highest BCUT2D eigenvalue weighted by atomic mass is 32.2. The molecule has 1 aromatic rings. The van der Waals surface area contributed by atoms with Crippen LogP contribution in [0, 0.1) is 0 Å². The van der Waals surface area contributed by atoms with Gasteiger partial charge in [0.1, 0.15) is 0 Å². The van der Waals surface area contributed by atoms with Gasteiger partial charge in [0.05, 0.1) is 18.0 Å². The predicted octanol–water partition coefficient (Wildman–Crippen LogP) is 0.722. The summed E-state index contributed by atoms with van der Waals surface area (Å²) in [6.07, 6.45) is 0. The van der Waals surface area contributed by atoms with Crippen LogP contribution in [0.5, 0.6) is 0 Å². The molecule has 0 atom stereocenters. The van der Waals surface area contributed by atoms with Gasteiger partial charge in [-0.1, -0.05) is 6.92 Å². The molecule has 9 heteroatoms. The molecule has 0 aliphatic heterocycles. The molecule has 1 rings (SSSR count). The largest absolute Gasteiger partial charge is 0.353 e. The van der Waals surface area contributed by atoms with Gasteiger partial charge in [0.2, 0.25) is 21.8 Å². The molecule has 1 aromatic carbocycles. The van der Waals surface area contributed by atoms with Crippen molar-refractivity contribution in [2.45, 2.75) is 31.7 Å². The number of hydrogen-bond donors (Lipinski definition) is 2. The number of carbonyl (C=O) groups is 2. The van der Waals surface area contributed by atoms with Gasteiger partial charge in [-0.05, 0) is 44.7 Å². The third-order valence-electron chi connectivity index (χ3n) is 3.55. The van der Waals surface area contributed by atoms with E-state index < -0.39 is 10.0 Å². The number of hydrogen-bond acceptors (Lipinski definition) is 5. The second-order valence-corrected chi connectivity index (χ2v) is 8.54. The average molecular weight is 385 g/mol. The highest BCUT2D eigenvalue weighted by Gasteiger charge is 2.17. The average Bonchev–Trinajstić information content (AvgIpc) is 2.53. The Kier molecular flexibility index (Phi) is 8.19. The third kappa shape index (κ3) is 6.74. The molecule has 0 bridgehead atoms. The summed E-state index contributed by atoms with van der Waals surface area (Å²) in [6, 6.07) is 6.01. The van der Waals surface area contributed by atoms with Crippen molar-refractivity contribution < 1.29 is 18.0 Å². The highest BCUT2D eigenvalue weighted by molar-refractivity contribution is 7.89. The molecule has 0 aliphatic carbocycles. The molecule has 2 amide bonds. The van der Waals surface area contributed by atoms with Crippen molar-refractivity contribution in [2.75, 3.05) is 39.0 Å². The third-order valence-corrected chi connectivity index (χ3v) is 5.38. The lowest BCUT2D eigenvalue weighted by molar-refractivity contribution is -0.123. The summed E-state index contributed by atoms with van der Waals surface area (Å²) < 4.78 is 25.2. The van der Waals surface area contributed by atoms with E-state index in [0.717, 1.165) is 4.31 Å². The standard InChI is InChI=1S/C17H28N4O4S/c1-6-21(11-16(22)18-13(2)3)12-17(23)19-14-7-9-15(10-8-14)26(24,25)20(4)5/h7-10,13H,6,11-12H2,1-5H3,(H,18,22)(H,19,23). The van der Waals surface area contributed by atoms with Gasteiger partial charge >= 0.3 is 0 Å². The van der Waals surface area contributed by atoms with E-state index in [4.69, 9.17) is 0 Å². The fourth-order valence-electron chi connectivity index (χ4n) is 2.17. The Hall–Kier alpha value is -1.97. The lowest BCUT2D eigenvalue weighted by atomic mass is 10.3. The lowest BCUT2D eigenvalue weighted by Gasteiger charge is -2.20. The van der Waals surface area contributed by atoms with Crippen LogP contribution in [0.3, 0.4) is 0 Å². The number of sulfonamides is 1. The van der Waals surface area contributed by atoms with Gasteiger partial charge in [-0.25, -0.2) is 12.7 Å². The Morgan fingerprint density at radius 1 is 1.04 bits per heavy atom. The number of amides is 2. The first-order valence-electron chi connectivity index (χ1n) is 8.40. The van der Waals surface area contributed by atoms with Crippen molar-refractivity contribution in [3.8, 4) is 0 Å². The van der Waals surface area contributed by atoms with Crippen LogP contribution >= 0.6 is 0 Å². The van der Waals surface area contributed by atoms with E-state index >= 15 is 0 Å². The first-order valence-corrected chi connectivity index (χ1v) is 9.84. The molecule has 0 fully saturated rings. The van der Waals surface area contributed by atoms with E-state index in [1.54, 1.807) is 4.90 Å². The highest BCUT2D eigenvalue weighted by Crippen LogP contribution is 2.16. The normalized spacial score (nSPS) is 11.8. The monoisotopic (exact) mass is 384 g/mol. The summed E-state index contributed by atoms with van der Waals surface area (Å²) in [5.41, 5.74) is 0.496. The number of carbonyl (C=O) groups excluding carboxylic acids is 2. The second-order valence-electron chi connectivity index (χ2n) is 6.39. The molecule has 8 nitrogen and oxygen atoms in total. The van der Waals surface area contributed by atoms with E-state index in [1.165, 1.54) is 38.4 Å². The zero-order chi connectivity index (χ0) is 19.9. The molecule has 2 N–H and O–H groups in total. The van der Waals surface area contributed by atoms with Crippen molar-refractivity contribution in [1.82, 2.24) is 14.5 Å². The van der Waals surface area contributed by atoms with Gasteiger partial charge in [0, 0.05) is 25.8 Å². The molecule has 0 saturated heterocycles. The van der Waals surface area contributed by atoms with Crippen LogP contribution in [0.15, 0.2) is 29.2 Å². The van der Waals surface area contributed by atoms with E-state index in [0.29, 0.717) is 12.2 Å². The Morgan fingerprint density at radius 3 is 2.04 bits per heavy atom. The molecule has 0 radical (unpaired) electrons. The van der Waals surface area contributed by atoms with E-state index in [2.05, 4.69) is 10.6 Å². The quantitative estimate of drug-likeness (QED) is 0.654. The fraction of sp³-hybridized carbons (Fsp3) is 0.529. The van der Waals surface area contributed by atoms with Gasteiger partial charge < -0.3 is 10.6 Å². The van der Waals surface area contributed by atoms with Crippen LogP contribution in [-0.2, 0) is 19.6 Å². The summed E-state index contributed by atoms with van der Waals surface area (Å²) in [7, 11) is -0.584. The van der Waals surface area contributed by atoms with Gasteiger partial charge in [-0.3, -0.25) is 14.5 Å². The van der Waals surface area contributed by atoms with E-state index in [9.17, 15) is 18.0 Å². The number of likely N-dealkylation sites (N-methyl/N-ethyl adjacent to an activating group) is 1. The van der Waals surface area contributed by atoms with Crippen molar-refractivity contribution in [3.63, 3.8) is 0 Å². The molecule has 0 aliphatic rings. The Morgan fingerprint density at radius 2 is 1.58 bits per heavy atom. The molecule has 0 heterocycles. The van der Waals surface area contributed by atoms with E-state index in [1.807, 2.05) is 20.8 Å². The van der Waals surface area contributed by atoms with Crippen molar-refractivity contribution in [2.24, 2.45) is 0 Å². The SMILES string of the molecule is CCN(CC(=O)Nc1ccc(S(=O)(=O)N(C)C)cc1)CC(=O)NC(C)C. The summed E-state index contributed by atoms with van der Waals surface area (Å²) in [6.45, 7) is 6.39. The summed E-state index contributed by atoms with van der Waals surface area (Å²) in [5, 5.41) is 5.49. The molecule has 0 aromatic heterocycles. The number of rotatable bonds is 9. The van der Waals surface area contributed by atoms with Crippen molar-refractivity contribution in [1.29, 1.82) is 0 Å². The fourth-order valence-corrected chi connectivity index (χ4v) is 3.08. The summed E-state index contributed by atoms with van der Waals surface area (Å²) in [4.78, 5) is 25.8. The van der Waals surface area contributed by atoms with Crippen LogP contribution in [-0.4, -0.2) is 69.2 Å². The Labute approximate surface area is 155 Å². The molecular formula is C17H28N4O4S. The van der Waals surface area contributed by atoms with Crippen LogP contribution < -0.4 is 10.6 Å². The minimum atomic E-state index is -3.50.